The molecule has 8 heteroatoms. The summed E-state index contributed by atoms with van der Waals surface area (Å²) in [5.41, 5.74) is 1.28. The second-order valence-electron chi connectivity index (χ2n) is 11.7. The molecule has 3 amide bonds. The predicted octanol–water partition coefficient (Wildman–Crippen LogP) is 3.67. The summed E-state index contributed by atoms with van der Waals surface area (Å²) in [5, 5.41) is 15.8. The van der Waals surface area contributed by atoms with E-state index in [1.54, 1.807) is 24.9 Å². The van der Waals surface area contributed by atoms with E-state index in [-0.39, 0.29) is 54.3 Å². The number of amides is 3. The van der Waals surface area contributed by atoms with E-state index in [0.29, 0.717) is 5.57 Å². The SMILES string of the molecule is C/C(=C\[C@H](C(C)C)N(C)C(=O)[C@@H](NC(=O)[C@H]1CCCCN1C(C)C)C(C)C)C(=O)NC(CO)c1ccccc1. The summed E-state index contributed by atoms with van der Waals surface area (Å²) >= 11 is 0. The number of aliphatic hydroxyl groups is 1. The number of rotatable bonds is 12. The predicted molar refractivity (Wildman–Crippen MR) is 156 cm³/mol. The number of nitrogens with zero attached hydrogens (tertiary/aromatic N) is 2. The lowest BCUT2D eigenvalue weighted by Crippen LogP contribution is -2.58. The molecule has 1 aliphatic heterocycles. The van der Waals surface area contributed by atoms with Crippen LogP contribution in [0.3, 0.4) is 0 Å². The minimum absolute atomic E-state index is 0.0303. The first-order chi connectivity index (χ1) is 18.4. The molecule has 1 unspecified atom stereocenters. The van der Waals surface area contributed by atoms with Crippen molar-refractivity contribution in [2.24, 2.45) is 11.8 Å². The average molecular weight is 543 g/mol. The second-order valence-corrected chi connectivity index (χ2v) is 11.7. The lowest BCUT2D eigenvalue weighted by molar-refractivity contribution is -0.140. The van der Waals surface area contributed by atoms with Crippen LogP contribution in [0.25, 0.3) is 0 Å². The third kappa shape index (κ3) is 8.90. The molecule has 1 saturated heterocycles. The van der Waals surface area contributed by atoms with Gasteiger partial charge in [-0.3, -0.25) is 19.3 Å². The van der Waals surface area contributed by atoms with Gasteiger partial charge in [0.2, 0.25) is 17.7 Å². The average Bonchev–Trinajstić information content (AvgIpc) is 2.92. The standard InChI is InChI=1S/C31H50N4O4/c1-20(2)27(18-23(7)29(37)32-25(19-36)24-14-10-9-11-15-24)34(8)31(39)28(21(3)4)33-30(38)26-16-12-13-17-35(26)22(5)6/h9-11,14-15,18,20-22,25-28,36H,12-13,16-17,19H2,1-8H3,(H,32,37)(H,33,38)/b23-18+/t25?,26-,27-,28+/m1/s1. The number of nitrogens with one attached hydrogen (secondary N) is 2. The monoisotopic (exact) mass is 542 g/mol. The van der Waals surface area contributed by atoms with Crippen LogP contribution in [0.1, 0.15) is 79.3 Å². The van der Waals surface area contributed by atoms with Crippen molar-refractivity contribution in [3.8, 4) is 0 Å². The number of likely N-dealkylation sites (N-methyl/N-ethyl adjacent to an activating group) is 1. The van der Waals surface area contributed by atoms with Crippen LogP contribution in [-0.4, -0.2) is 77.0 Å². The first kappa shape index (κ1) is 32.5. The topological polar surface area (TPSA) is 102 Å². The van der Waals surface area contributed by atoms with Crippen molar-refractivity contribution in [1.82, 2.24) is 20.4 Å². The number of aliphatic hydroxyl groups excluding tert-OH is 1. The fraction of sp³-hybridized carbons (Fsp3) is 0.645. The van der Waals surface area contributed by atoms with E-state index >= 15 is 0 Å². The number of hydrogen-bond donors (Lipinski definition) is 3. The molecule has 0 saturated carbocycles. The van der Waals surface area contributed by atoms with Crippen molar-refractivity contribution in [3.63, 3.8) is 0 Å². The third-order valence-electron chi connectivity index (χ3n) is 7.69. The summed E-state index contributed by atoms with van der Waals surface area (Å²) in [6.45, 7) is 14.5. The van der Waals surface area contributed by atoms with Crippen molar-refractivity contribution in [2.45, 2.75) is 97.9 Å². The highest BCUT2D eigenvalue weighted by molar-refractivity contribution is 5.93. The van der Waals surface area contributed by atoms with Crippen molar-refractivity contribution >= 4 is 17.7 Å². The lowest BCUT2D eigenvalue weighted by Gasteiger charge is -2.39. The van der Waals surface area contributed by atoms with Crippen LogP contribution in [0, 0.1) is 11.8 Å². The van der Waals surface area contributed by atoms with Gasteiger partial charge in [0.15, 0.2) is 0 Å². The van der Waals surface area contributed by atoms with E-state index in [1.165, 1.54) is 0 Å². The minimum atomic E-state index is -0.668. The maximum absolute atomic E-state index is 13.8. The molecule has 1 heterocycles. The Morgan fingerprint density at radius 2 is 1.67 bits per heavy atom. The summed E-state index contributed by atoms with van der Waals surface area (Å²) in [5.74, 6) is -0.637. The third-order valence-corrected chi connectivity index (χ3v) is 7.69. The molecule has 3 N–H and O–H groups in total. The molecule has 1 fully saturated rings. The Kier molecular flexibility index (Phi) is 12.6. The minimum Gasteiger partial charge on any atom is -0.394 e. The van der Waals surface area contributed by atoms with Crippen molar-refractivity contribution in [3.05, 3.63) is 47.5 Å². The van der Waals surface area contributed by atoms with Crippen LogP contribution in [0.4, 0.5) is 0 Å². The molecule has 0 bridgehead atoms. The van der Waals surface area contributed by atoms with Crippen molar-refractivity contribution < 1.29 is 19.5 Å². The van der Waals surface area contributed by atoms with Gasteiger partial charge in [-0.15, -0.1) is 0 Å². The van der Waals surface area contributed by atoms with Gasteiger partial charge in [-0.25, -0.2) is 0 Å². The zero-order chi connectivity index (χ0) is 29.3. The van der Waals surface area contributed by atoms with E-state index in [1.807, 2.05) is 58.0 Å². The van der Waals surface area contributed by atoms with Crippen LogP contribution >= 0.6 is 0 Å². The molecule has 2 rings (SSSR count). The molecule has 39 heavy (non-hydrogen) atoms. The Hall–Kier alpha value is -2.71. The van der Waals surface area contributed by atoms with Gasteiger partial charge in [-0.05, 0) is 57.6 Å². The Bertz CT molecular complexity index is 976. The van der Waals surface area contributed by atoms with E-state index in [9.17, 15) is 19.5 Å². The largest absolute Gasteiger partial charge is 0.394 e. The van der Waals surface area contributed by atoms with Gasteiger partial charge >= 0.3 is 0 Å². The summed E-state index contributed by atoms with van der Waals surface area (Å²) < 4.78 is 0. The Morgan fingerprint density at radius 3 is 2.21 bits per heavy atom. The maximum atomic E-state index is 13.8. The summed E-state index contributed by atoms with van der Waals surface area (Å²) in [6.07, 6.45) is 4.68. The maximum Gasteiger partial charge on any atom is 0.247 e. The van der Waals surface area contributed by atoms with Crippen LogP contribution < -0.4 is 10.6 Å². The smallest absolute Gasteiger partial charge is 0.247 e. The number of benzene rings is 1. The Balaban J connectivity index is 2.18. The van der Waals surface area contributed by atoms with E-state index < -0.39 is 12.1 Å². The van der Waals surface area contributed by atoms with Crippen molar-refractivity contribution in [1.29, 1.82) is 0 Å². The first-order valence-corrected chi connectivity index (χ1v) is 14.4. The molecule has 1 aromatic carbocycles. The van der Waals surface area contributed by atoms with Crippen molar-refractivity contribution in [2.75, 3.05) is 20.2 Å². The number of likely N-dealkylation sites (tertiary alicyclic amines) is 1. The molecular formula is C31H50N4O4. The normalized spacial score (nSPS) is 19.1. The van der Waals surface area contributed by atoms with Crippen LogP contribution in [0.5, 0.6) is 0 Å². The second kappa shape index (κ2) is 15.2. The van der Waals surface area contributed by atoms with Gasteiger partial charge in [0.1, 0.15) is 6.04 Å². The fourth-order valence-corrected chi connectivity index (χ4v) is 5.26. The van der Waals surface area contributed by atoms with Gasteiger partial charge in [0, 0.05) is 18.7 Å². The Morgan fingerprint density at radius 1 is 1.03 bits per heavy atom. The quantitative estimate of drug-likeness (QED) is 0.350. The molecule has 0 spiro atoms. The number of hydrogen-bond acceptors (Lipinski definition) is 5. The molecule has 8 nitrogen and oxygen atoms in total. The highest BCUT2D eigenvalue weighted by Gasteiger charge is 2.36. The highest BCUT2D eigenvalue weighted by atomic mass is 16.3. The van der Waals surface area contributed by atoms with E-state index in [0.717, 1.165) is 31.4 Å². The van der Waals surface area contributed by atoms with Gasteiger partial charge in [0.05, 0.1) is 24.7 Å². The summed E-state index contributed by atoms with van der Waals surface area (Å²) in [7, 11) is 1.73. The van der Waals surface area contributed by atoms with E-state index in [4.69, 9.17) is 0 Å². The molecule has 1 aliphatic rings. The van der Waals surface area contributed by atoms with Gasteiger partial charge in [-0.2, -0.15) is 0 Å². The highest BCUT2D eigenvalue weighted by Crippen LogP contribution is 2.22. The lowest BCUT2D eigenvalue weighted by atomic mass is 9.95. The van der Waals surface area contributed by atoms with Gasteiger partial charge < -0.3 is 20.6 Å². The number of carbonyl (C=O) groups excluding carboxylic acids is 3. The summed E-state index contributed by atoms with van der Waals surface area (Å²) in [4.78, 5) is 44.0. The number of piperidine rings is 1. The molecule has 0 aliphatic carbocycles. The first-order valence-electron chi connectivity index (χ1n) is 14.4. The van der Waals surface area contributed by atoms with Crippen LogP contribution in [0.2, 0.25) is 0 Å². The molecule has 0 radical (unpaired) electrons. The zero-order valence-electron chi connectivity index (χ0n) is 25.1. The van der Waals surface area contributed by atoms with E-state index in [2.05, 4.69) is 29.4 Å². The summed E-state index contributed by atoms with van der Waals surface area (Å²) in [6, 6.07) is 7.81. The van der Waals surface area contributed by atoms with Crippen LogP contribution in [-0.2, 0) is 14.4 Å². The zero-order valence-corrected chi connectivity index (χ0v) is 25.1. The van der Waals surface area contributed by atoms with Gasteiger partial charge in [-0.1, -0.05) is 70.5 Å². The molecule has 0 aromatic heterocycles. The molecule has 218 valence electrons. The fourth-order valence-electron chi connectivity index (χ4n) is 5.26. The molecular weight excluding hydrogens is 492 g/mol. The van der Waals surface area contributed by atoms with Gasteiger partial charge in [0.25, 0.3) is 0 Å². The van der Waals surface area contributed by atoms with Crippen LogP contribution in [0.15, 0.2) is 42.0 Å². The Labute approximate surface area is 235 Å². The molecule has 4 atom stereocenters. The molecule has 1 aromatic rings. The number of carbonyl (C=O) groups is 3.